The number of rotatable bonds is 7. The second-order valence-electron chi connectivity index (χ2n) is 5.60. The Hall–Kier alpha value is -2.66. The number of aromatic carboxylic acids is 1. The quantitative estimate of drug-likeness (QED) is 0.607. The zero-order valence-electron chi connectivity index (χ0n) is 13.7. The van der Waals surface area contributed by atoms with Gasteiger partial charge in [0.2, 0.25) is 0 Å². The Balaban J connectivity index is 1.70. The third-order valence-electron chi connectivity index (χ3n) is 3.96. The molecule has 6 heteroatoms. The molecule has 0 radical (unpaired) electrons. The number of hydrogen-bond acceptors (Lipinski definition) is 3. The number of fused-ring (bicyclic) bond motifs is 1. The highest BCUT2D eigenvalue weighted by Crippen LogP contribution is 2.27. The molecule has 1 aromatic heterocycles. The van der Waals surface area contributed by atoms with Gasteiger partial charge in [-0.25, -0.2) is 4.79 Å². The summed E-state index contributed by atoms with van der Waals surface area (Å²) in [5.74, 6) is 0.485. The lowest BCUT2D eigenvalue weighted by molar-refractivity contribution is 0.0690. The van der Waals surface area contributed by atoms with Crippen LogP contribution in [0.3, 0.4) is 0 Å². The van der Waals surface area contributed by atoms with E-state index in [0.29, 0.717) is 24.5 Å². The number of methoxy groups -OCH3 is 1. The lowest BCUT2D eigenvalue weighted by atomic mass is 10.1. The summed E-state index contributed by atoms with van der Waals surface area (Å²) >= 11 is 5.98. The molecule has 0 amide bonds. The molecule has 0 fully saturated rings. The molecule has 0 saturated carbocycles. The molecule has 0 aliphatic heterocycles. The number of aromatic amines is 1. The number of H-pyrrole nitrogens is 1. The molecule has 25 heavy (non-hydrogen) atoms. The van der Waals surface area contributed by atoms with E-state index in [1.807, 2.05) is 30.3 Å². The van der Waals surface area contributed by atoms with Crippen LogP contribution in [0.2, 0.25) is 5.02 Å². The maximum atomic E-state index is 11.5. The number of hydrogen-bond donors (Lipinski definition) is 2. The van der Waals surface area contributed by atoms with E-state index in [1.54, 1.807) is 19.2 Å². The summed E-state index contributed by atoms with van der Waals surface area (Å²) in [6, 6.07) is 12.7. The van der Waals surface area contributed by atoms with Crippen LogP contribution in [0.4, 0.5) is 0 Å². The van der Waals surface area contributed by atoms with Crippen molar-refractivity contribution in [2.75, 3.05) is 13.7 Å². The van der Waals surface area contributed by atoms with Gasteiger partial charge in [0.15, 0.2) is 0 Å². The minimum atomic E-state index is -0.976. The molecule has 0 bridgehead atoms. The second-order valence-corrected chi connectivity index (χ2v) is 6.04. The van der Waals surface area contributed by atoms with E-state index in [4.69, 9.17) is 21.1 Å². The molecule has 1 heterocycles. The lowest BCUT2D eigenvalue weighted by Crippen LogP contribution is -2.04. The van der Waals surface area contributed by atoms with Crippen LogP contribution >= 0.6 is 11.6 Å². The fourth-order valence-electron chi connectivity index (χ4n) is 2.80. The average Bonchev–Trinajstić information content (AvgIpc) is 2.97. The van der Waals surface area contributed by atoms with Crippen molar-refractivity contribution in [2.24, 2.45) is 0 Å². The van der Waals surface area contributed by atoms with Gasteiger partial charge < -0.3 is 19.6 Å². The van der Waals surface area contributed by atoms with Gasteiger partial charge in [0.25, 0.3) is 0 Å². The van der Waals surface area contributed by atoms with E-state index in [-0.39, 0.29) is 5.69 Å². The van der Waals surface area contributed by atoms with E-state index in [1.165, 1.54) is 0 Å². The predicted octanol–water partition coefficient (Wildman–Crippen LogP) is 4.54. The summed E-state index contributed by atoms with van der Waals surface area (Å²) in [6.45, 7) is 0.479. The van der Waals surface area contributed by atoms with Gasteiger partial charge in [-0.3, -0.25) is 0 Å². The van der Waals surface area contributed by atoms with Gasteiger partial charge in [-0.15, -0.1) is 0 Å². The normalized spacial score (nSPS) is 10.8. The summed E-state index contributed by atoms with van der Waals surface area (Å²) in [6.07, 6.45) is 1.28. The first-order valence-electron chi connectivity index (χ1n) is 7.88. The van der Waals surface area contributed by atoms with Crippen molar-refractivity contribution >= 4 is 28.5 Å². The third kappa shape index (κ3) is 3.88. The van der Waals surface area contributed by atoms with Crippen molar-refractivity contribution in [3.8, 4) is 11.5 Å². The van der Waals surface area contributed by atoms with Crippen molar-refractivity contribution in [2.45, 2.75) is 12.8 Å². The molecule has 130 valence electrons. The first-order valence-corrected chi connectivity index (χ1v) is 8.26. The van der Waals surface area contributed by atoms with E-state index >= 15 is 0 Å². The van der Waals surface area contributed by atoms with Crippen LogP contribution in [0.5, 0.6) is 11.5 Å². The summed E-state index contributed by atoms with van der Waals surface area (Å²) in [4.78, 5) is 14.4. The monoisotopic (exact) mass is 359 g/mol. The zero-order valence-corrected chi connectivity index (χ0v) is 14.5. The van der Waals surface area contributed by atoms with Gasteiger partial charge in [-0.2, -0.15) is 0 Å². The predicted molar refractivity (Wildman–Crippen MR) is 97.1 cm³/mol. The Morgan fingerprint density at radius 1 is 1.20 bits per heavy atom. The molecule has 0 unspecified atom stereocenters. The number of nitrogens with one attached hydrogen (secondary N) is 1. The lowest BCUT2D eigenvalue weighted by Gasteiger charge is -2.08. The molecule has 0 aliphatic rings. The Kier molecular flexibility index (Phi) is 5.14. The number of carboxylic acids is 1. The van der Waals surface area contributed by atoms with Gasteiger partial charge in [-0.05, 0) is 42.7 Å². The van der Waals surface area contributed by atoms with Gasteiger partial charge in [0, 0.05) is 22.0 Å². The van der Waals surface area contributed by atoms with E-state index in [2.05, 4.69) is 4.98 Å². The highest BCUT2D eigenvalue weighted by Gasteiger charge is 2.16. The Bertz CT molecular complexity index is 904. The summed E-state index contributed by atoms with van der Waals surface area (Å²) in [5, 5.41) is 10.9. The molecular weight excluding hydrogens is 342 g/mol. The van der Waals surface area contributed by atoms with E-state index in [0.717, 1.165) is 28.0 Å². The zero-order chi connectivity index (χ0) is 17.8. The van der Waals surface area contributed by atoms with Crippen molar-refractivity contribution < 1.29 is 19.4 Å². The largest absolute Gasteiger partial charge is 0.497 e. The third-order valence-corrected chi connectivity index (χ3v) is 4.20. The maximum Gasteiger partial charge on any atom is 0.352 e. The smallest absolute Gasteiger partial charge is 0.352 e. The SMILES string of the molecule is COc1cccc(OCCCc2c(C(=O)O)[nH]c3cc(Cl)ccc23)c1. The highest BCUT2D eigenvalue weighted by atomic mass is 35.5. The maximum absolute atomic E-state index is 11.5. The first kappa shape index (κ1) is 17.2. The summed E-state index contributed by atoms with van der Waals surface area (Å²) in [7, 11) is 1.61. The molecule has 2 N–H and O–H groups in total. The minimum absolute atomic E-state index is 0.207. The standard InChI is InChI=1S/C19H18ClNO4/c1-24-13-4-2-5-14(11-13)25-9-3-6-16-15-8-7-12(20)10-17(15)21-18(16)19(22)23/h2,4-5,7-8,10-11,21H,3,6,9H2,1H3,(H,22,23). The topological polar surface area (TPSA) is 71.6 Å². The summed E-state index contributed by atoms with van der Waals surface area (Å²) in [5.41, 5.74) is 1.71. The molecule has 5 nitrogen and oxygen atoms in total. The molecular formula is C19H18ClNO4. The summed E-state index contributed by atoms with van der Waals surface area (Å²) < 4.78 is 10.9. The number of carbonyl (C=O) groups is 1. The number of carboxylic acid groups (broad SMARTS) is 1. The highest BCUT2D eigenvalue weighted by molar-refractivity contribution is 6.31. The molecule has 2 aromatic carbocycles. The van der Waals surface area contributed by atoms with Crippen LogP contribution in [-0.2, 0) is 6.42 Å². The fourth-order valence-corrected chi connectivity index (χ4v) is 2.97. The number of halogens is 1. The molecule has 0 saturated heterocycles. The van der Waals surface area contributed by atoms with Gasteiger partial charge in [0.05, 0.1) is 13.7 Å². The van der Waals surface area contributed by atoms with Gasteiger partial charge >= 0.3 is 5.97 Å². The van der Waals surface area contributed by atoms with Gasteiger partial charge in [0.1, 0.15) is 17.2 Å². The van der Waals surface area contributed by atoms with E-state index < -0.39 is 5.97 Å². The Labute approximate surface area is 150 Å². The fraction of sp³-hybridized carbons (Fsp3) is 0.211. The van der Waals surface area contributed by atoms with Crippen LogP contribution in [0.1, 0.15) is 22.5 Å². The van der Waals surface area contributed by atoms with Crippen LogP contribution in [0.15, 0.2) is 42.5 Å². The average molecular weight is 360 g/mol. The van der Waals surface area contributed by atoms with Crippen molar-refractivity contribution in [1.29, 1.82) is 0 Å². The van der Waals surface area contributed by atoms with Crippen molar-refractivity contribution in [3.63, 3.8) is 0 Å². The van der Waals surface area contributed by atoms with Gasteiger partial charge in [-0.1, -0.05) is 23.7 Å². The first-order chi connectivity index (χ1) is 12.1. The van der Waals surface area contributed by atoms with Crippen molar-refractivity contribution in [3.05, 3.63) is 58.7 Å². The Morgan fingerprint density at radius 3 is 2.76 bits per heavy atom. The number of aromatic nitrogens is 1. The minimum Gasteiger partial charge on any atom is -0.497 e. The molecule has 0 atom stereocenters. The van der Waals surface area contributed by atoms with Crippen LogP contribution in [0.25, 0.3) is 10.9 Å². The number of aryl methyl sites for hydroxylation is 1. The molecule has 0 spiro atoms. The molecule has 0 aliphatic carbocycles. The second kappa shape index (κ2) is 7.49. The number of ether oxygens (including phenoxy) is 2. The van der Waals surface area contributed by atoms with Crippen LogP contribution in [0, 0.1) is 0 Å². The Morgan fingerprint density at radius 2 is 2.00 bits per heavy atom. The van der Waals surface area contributed by atoms with E-state index in [9.17, 15) is 9.90 Å². The van der Waals surface area contributed by atoms with Crippen molar-refractivity contribution in [1.82, 2.24) is 4.98 Å². The molecule has 3 aromatic rings. The number of benzene rings is 2. The van der Waals surface area contributed by atoms with Crippen LogP contribution in [-0.4, -0.2) is 29.8 Å². The molecule has 3 rings (SSSR count). The van der Waals surface area contributed by atoms with Crippen LogP contribution < -0.4 is 9.47 Å².